The van der Waals surface area contributed by atoms with E-state index < -0.39 is 0 Å². The number of halogens is 1. The van der Waals surface area contributed by atoms with E-state index in [1.807, 2.05) is 37.3 Å². The summed E-state index contributed by atoms with van der Waals surface area (Å²) in [5.41, 5.74) is 1.93. The van der Waals surface area contributed by atoms with E-state index in [9.17, 15) is 0 Å². The van der Waals surface area contributed by atoms with Gasteiger partial charge in [0.15, 0.2) is 5.11 Å². The minimum Gasteiger partial charge on any atom is -0.467 e. The van der Waals surface area contributed by atoms with Gasteiger partial charge in [0.2, 0.25) is 0 Å². The van der Waals surface area contributed by atoms with Gasteiger partial charge in [0.05, 0.1) is 12.3 Å². The molecule has 1 heterocycles. The minimum absolute atomic E-state index is 0.0678. The van der Waals surface area contributed by atoms with E-state index in [-0.39, 0.29) is 6.04 Å². The molecule has 0 fully saturated rings. The highest BCUT2D eigenvalue weighted by Gasteiger charge is 2.21. The van der Waals surface area contributed by atoms with E-state index >= 15 is 0 Å². The third kappa shape index (κ3) is 4.74. The smallest absolute Gasteiger partial charge is 0.174 e. The topological polar surface area (TPSA) is 28.4 Å². The quantitative estimate of drug-likeness (QED) is 0.632. The summed E-state index contributed by atoms with van der Waals surface area (Å²) < 4.78 is 5.58. The van der Waals surface area contributed by atoms with E-state index in [4.69, 9.17) is 28.2 Å². The zero-order chi connectivity index (χ0) is 17.7. The van der Waals surface area contributed by atoms with Crippen LogP contribution in [0.25, 0.3) is 0 Å². The molecule has 0 aliphatic carbocycles. The highest BCUT2D eigenvalue weighted by Crippen LogP contribution is 2.26. The van der Waals surface area contributed by atoms with E-state index in [1.54, 1.807) is 6.26 Å². The van der Waals surface area contributed by atoms with Crippen LogP contribution in [0.5, 0.6) is 0 Å². The molecule has 0 unspecified atom stereocenters. The molecule has 3 nitrogen and oxygen atoms in total. The number of furan rings is 1. The van der Waals surface area contributed by atoms with Crippen LogP contribution in [-0.2, 0) is 0 Å². The van der Waals surface area contributed by atoms with Crippen molar-refractivity contribution in [1.82, 2.24) is 4.90 Å². The molecule has 0 saturated heterocycles. The Bertz CT molecular complexity index is 670. The van der Waals surface area contributed by atoms with Gasteiger partial charge >= 0.3 is 0 Å². The summed E-state index contributed by atoms with van der Waals surface area (Å²) in [5, 5.41) is 4.77. The van der Waals surface area contributed by atoms with Gasteiger partial charge < -0.3 is 14.6 Å². The van der Waals surface area contributed by atoms with E-state index in [1.165, 1.54) is 0 Å². The summed E-state index contributed by atoms with van der Waals surface area (Å²) in [7, 11) is 0. The number of thiocarbonyl (C=S) groups is 1. The number of hydrogen-bond acceptors (Lipinski definition) is 2. The average Bonchev–Trinajstić information content (AvgIpc) is 3.06. The van der Waals surface area contributed by atoms with Crippen molar-refractivity contribution in [2.45, 2.75) is 40.2 Å². The molecule has 0 bridgehead atoms. The average molecular weight is 365 g/mol. The molecule has 1 atom stereocenters. The van der Waals surface area contributed by atoms with Crippen molar-refractivity contribution in [3.63, 3.8) is 0 Å². The molecule has 0 aliphatic heterocycles. The lowest BCUT2D eigenvalue weighted by Crippen LogP contribution is -2.38. The van der Waals surface area contributed by atoms with Crippen molar-refractivity contribution in [2.24, 2.45) is 5.92 Å². The van der Waals surface area contributed by atoms with Crippen molar-refractivity contribution in [2.75, 3.05) is 11.9 Å². The SMILES string of the molecule is Cc1c(Cl)cccc1NC(=S)N(CCC(C)C)[C@H](C)c1ccco1. The normalized spacial score (nSPS) is 12.2. The molecule has 0 amide bonds. The molecule has 1 aromatic heterocycles. The van der Waals surface area contributed by atoms with Crippen molar-refractivity contribution in [3.8, 4) is 0 Å². The van der Waals surface area contributed by atoms with Gasteiger partial charge in [-0.15, -0.1) is 0 Å². The van der Waals surface area contributed by atoms with Crippen LogP contribution < -0.4 is 5.32 Å². The van der Waals surface area contributed by atoms with Crippen molar-refractivity contribution >= 4 is 34.6 Å². The van der Waals surface area contributed by atoms with Crippen LogP contribution in [0.1, 0.15) is 44.6 Å². The summed E-state index contributed by atoms with van der Waals surface area (Å²) in [6.07, 6.45) is 2.76. The summed E-state index contributed by atoms with van der Waals surface area (Å²) in [6, 6.07) is 9.76. The number of anilines is 1. The second-order valence-electron chi connectivity index (χ2n) is 6.41. The maximum atomic E-state index is 6.21. The monoisotopic (exact) mass is 364 g/mol. The lowest BCUT2D eigenvalue weighted by Gasteiger charge is -2.31. The molecule has 1 aromatic carbocycles. The number of nitrogens with one attached hydrogen (secondary N) is 1. The fraction of sp³-hybridized carbons (Fsp3) is 0.421. The summed E-state index contributed by atoms with van der Waals surface area (Å²) in [5.74, 6) is 1.51. The van der Waals surface area contributed by atoms with Crippen LogP contribution in [0.4, 0.5) is 5.69 Å². The first-order chi connectivity index (χ1) is 11.4. The lowest BCUT2D eigenvalue weighted by atomic mass is 10.1. The molecule has 1 N–H and O–H groups in total. The van der Waals surface area contributed by atoms with Crippen molar-refractivity contribution in [1.29, 1.82) is 0 Å². The van der Waals surface area contributed by atoms with E-state index in [0.717, 1.165) is 35.0 Å². The van der Waals surface area contributed by atoms with E-state index in [0.29, 0.717) is 11.0 Å². The van der Waals surface area contributed by atoms with Crippen LogP contribution in [0, 0.1) is 12.8 Å². The standard InChI is InChI=1S/C19H25ClN2OS/c1-13(2)10-11-22(15(4)18-9-6-12-23-18)19(24)21-17-8-5-7-16(20)14(17)3/h5-9,12-13,15H,10-11H2,1-4H3,(H,21,24)/t15-/m1/s1. The predicted molar refractivity (Wildman–Crippen MR) is 106 cm³/mol. The first kappa shape index (κ1) is 18.8. The largest absolute Gasteiger partial charge is 0.467 e. The predicted octanol–water partition coefficient (Wildman–Crippen LogP) is 6.05. The van der Waals surface area contributed by atoms with Gasteiger partial charge in [-0.1, -0.05) is 31.5 Å². The van der Waals surface area contributed by atoms with E-state index in [2.05, 4.69) is 31.0 Å². The summed E-state index contributed by atoms with van der Waals surface area (Å²) >= 11 is 11.9. The number of rotatable bonds is 6. The van der Waals surface area contributed by atoms with Crippen LogP contribution >= 0.6 is 23.8 Å². The third-order valence-corrected chi connectivity index (χ3v) is 4.89. The van der Waals surface area contributed by atoms with Crippen LogP contribution in [0.2, 0.25) is 5.02 Å². The fourth-order valence-corrected chi connectivity index (χ4v) is 3.01. The highest BCUT2D eigenvalue weighted by molar-refractivity contribution is 7.80. The van der Waals surface area contributed by atoms with Crippen LogP contribution in [-0.4, -0.2) is 16.6 Å². The fourth-order valence-electron chi connectivity index (χ4n) is 2.48. The number of benzene rings is 1. The van der Waals surface area contributed by atoms with Crippen LogP contribution in [0.15, 0.2) is 41.0 Å². The maximum Gasteiger partial charge on any atom is 0.174 e. The molecular weight excluding hydrogens is 340 g/mol. The zero-order valence-electron chi connectivity index (χ0n) is 14.7. The van der Waals surface area contributed by atoms with Crippen LogP contribution in [0.3, 0.4) is 0 Å². The second-order valence-corrected chi connectivity index (χ2v) is 7.20. The van der Waals surface area contributed by atoms with Gasteiger partial charge in [-0.05, 0) is 68.2 Å². The Balaban J connectivity index is 2.18. The molecular formula is C19H25ClN2OS. The van der Waals surface area contributed by atoms with Gasteiger partial charge in [0.1, 0.15) is 5.76 Å². The molecule has 130 valence electrons. The number of hydrogen-bond donors (Lipinski definition) is 1. The molecule has 0 aliphatic rings. The maximum absolute atomic E-state index is 6.21. The minimum atomic E-state index is 0.0678. The third-order valence-electron chi connectivity index (χ3n) is 4.14. The van der Waals surface area contributed by atoms with Gasteiger partial charge in [-0.2, -0.15) is 0 Å². The number of nitrogens with zero attached hydrogens (tertiary/aromatic N) is 1. The van der Waals surface area contributed by atoms with Crippen molar-refractivity contribution in [3.05, 3.63) is 52.9 Å². The second kappa shape index (κ2) is 8.54. The first-order valence-corrected chi connectivity index (χ1v) is 9.05. The van der Waals surface area contributed by atoms with Gasteiger partial charge in [0, 0.05) is 17.3 Å². The Kier molecular flexibility index (Phi) is 6.69. The Hall–Kier alpha value is -1.52. The lowest BCUT2D eigenvalue weighted by molar-refractivity contribution is 0.281. The van der Waals surface area contributed by atoms with Gasteiger partial charge in [-0.3, -0.25) is 0 Å². The van der Waals surface area contributed by atoms with Crippen molar-refractivity contribution < 1.29 is 4.42 Å². The molecule has 24 heavy (non-hydrogen) atoms. The Morgan fingerprint density at radius 2 is 2.00 bits per heavy atom. The Labute approximate surface area is 155 Å². The Morgan fingerprint density at radius 3 is 2.62 bits per heavy atom. The molecule has 0 radical (unpaired) electrons. The van der Waals surface area contributed by atoms with Gasteiger partial charge in [0.25, 0.3) is 0 Å². The Morgan fingerprint density at radius 1 is 1.25 bits per heavy atom. The molecule has 5 heteroatoms. The molecule has 0 saturated carbocycles. The molecule has 2 aromatic rings. The zero-order valence-corrected chi connectivity index (χ0v) is 16.2. The first-order valence-electron chi connectivity index (χ1n) is 8.26. The highest BCUT2D eigenvalue weighted by atomic mass is 35.5. The summed E-state index contributed by atoms with van der Waals surface area (Å²) in [6.45, 7) is 9.39. The molecule has 2 rings (SSSR count). The van der Waals surface area contributed by atoms with Gasteiger partial charge in [-0.25, -0.2) is 0 Å². The molecule has 0 spiro atoms. The summed E-state index contributed by atoms with van der Waals surface area (Å²) in [4.78, 5) is 2.18.